The molecule has 0 saturated heterocycles. The van der Waals surface area contributed by atoms with Crippen LogP contribution in [0.15, 0.2) is 39.8 Å². The molecular weight excluding hydrogens is 368 g/mol. The van der Waals surface area contributed by atoms with E-state index in [1.807, 2.05) is 5.32 Å². The molecule has 0 bridgehead atoms. The average Bonchev–Trinajstić information content (AvgIpc) is 3.00. The number of nitrogens with two attached hydrogens (primary N) is 1. The molecule has 10 heteroatoms. The number of para-hydroxylation sites is 1. The Balaban J connectivity index is 1.83. The molecule has 10 nitrogen and oxygen atoms in total. The smallest absolute Gasteiger partial charge is 0.326 e. The van der Waals surface area contributed by atoms with Gasteiger partial charge in [0.05, 0.1) is 6.33 Å². The van der Waals surface area contributed by atoms with Gasteiger partial charge in [-0.2, -0.15) is 0 Å². The van der Waals surface area contributed by atoms with E-state index in [1.54, 1.807) is 38.1 Å². The summed E-state index contributed by atoms with van der Waals surface area (Å²) in [6.07, 6.45) is -0.0273. The molecule has 0 radical (unpaired) electrons. The Morgan fingerprint density at radius 3 is 2.68 bits per heavy atom. The van der Waals surface area contributed by atoms with Crippen molar-refractivity contribution in [3.05, 3.63) is 40.9 Å². The number of urea groups is 1. The molecule has 3 rings (SSSR count). The number of primary amides is 1. The molecule has 2 heterocycles. The summed E-state index contributed by atoms with van der Waals surface area (Å²) < 4.78 is 11.7. The predicted octanol–water partition coefficient (Wildman–Crippen LogP) is 0.905. The number of carbonyl (C=O) groups excluding carboxylic acids is 3. The minimum Gasteiger partial charge on any atom is -0.451 e. The lowest BCUT2D eigenvalue weighted by atomic mass is 10.1. The van der Waals surface area contributed by atoms with Crippen LogP contribution in [0.5, 0.6) is 0 Å². The van der Waals surface area contributed by atoms with Gasteiger partial charge in [-0.05, 0) is 18.1 Å². The molecule has 3 aromatic rings. The number of aromatic nitrogens is 2. The Bertz CT molecular complexity index is 1130. The number of amides is 3. The van der Waals surface area contributed by atoms with Gasteiger partial charge in [0.25, 0.3) is 11.5 Å². The second kappa shape index (κ2) is 7.51. The van der Waals surface area contributed by atoms with Crippen molar-refractivity contribution in [3.8, 4) is 0 Å². The number of ether oxygens (including phenoxy) is 1. The Kier molecular flexibility index (Phi) is 5.12. The zero-order valence-electron chi connectivity index (χ0n) is 15.2. The first kappa shape index (κ1) is 19.1. The van der Waals surface area contributed by atoms with Crippen molar-refractivity contribution < 1.29 is 23.5 Å². The van der Waals surface area contributed by atoms with E-state index in [1.165, 1.54) is 6.33 Å². The summed E-state index contributed by atoms with van der Waals surface area (Å²) in [5.41, 5.74) is 5.28. The van der Waals surface area contributed by atoms with Gasteiger partial charge < -0.3 is 14.9 Å². The lowest BCUT2D eigenvalue weighted by Crippen LogP contribution is -2.46. The minimum atomic E-state index is -1.24. The zero-order valence-corrected chi connectivity index (χ0v) is 15.2. The molecule has 0 aliphatic heterocycles. The number of benzene rings is 1. The van der Waals surface area contributed by atoms with Crippen LogP contribution in [0.3, 0.4) is 0 Å². The highest BCUT2D eigenvalue weighted by atomic mass is 16.5. The summed E-state index contributed by atoms with van der Waals surface area (Å²) in [6.45, 7) is 2.78. The first-order valence-corrected chi connectivity index (χ1v) is 8.44. The second-order valence-electron chi connectivity index (χ2n) is 6.46. The van der Waals surface area contributed by atoms with Crippen LogP contribution in [-0.4, -0.2) is 33.6 Å². The molecule has 1 unspecified atom stereocenters. The highest BCUT2D eigenvalue weighted by Gasteiger charge is 2.27. The number of esters is 1. The standard InChI is InChI=1S/C18H18N4O6/c1-9(2)14(16(24)21-18(19)26)28-12(23)7-22-8-20-13-10-5-3-4-6-11(10)27-15(13)17(22)25/h3-6,8-9,14H,7H2,1-2H3,(H3,19,21,24,26). The van der Waals surface area contributed by atoms with Crippen LogP contribution in [0.25, 0.3) is 22.1 Å². The summed E-state index contributed by atoms with van der Waals surface area (Å²) in [4.78, 5) is 51.8. The maximum absolute atomic E-state index is 12.6. The third kappa shape index (κ3) is 3.70. The second-order valence-corrected chi connectivity index (χ2v) is 6.46. The molecule has 0 aliphatic carbocycles. The zero-order chi connectivity index (χ0) is 20.4. The fraction of sp³-hybridized carbons (Fsp3) is 0.278. The van der Waals surface area contributed by atoms with Crippen LogP contribution in [0.2, 0.25) is 0 Å². The summed E-state index contributed by atoms with van der Waals surface area (Å²) in [6, 6.07) is 5.99. The number of carbonyl (C=O) groups is 3. The van der Waals surface area contributed by atoms with E-state index in [0.717, 1.165) is 4.57 Å². The lowest BCUT2D eigenvalue weighted by Gasteiger charge is -2.19. The fourth-order valence-corrected chi connectivity index (χ4v) is 2.73. The van der Waals surface area contributed by atoms with Crippen LogP contribution in [-0.2, 0) is 20.9 Å². The number of hydrogen-bond acceptors (Lipinski definition) is 7. The number of fused-ring (bicyclic) bond motifs is 3. The van der Waals surface area contributed by atoms with Crippen LogP contribution in [0.4, 0.5) is 4.79 Å². The minimum absolute atomic E-state index is 0.0170. The van der Waals surface area contributed by atoms with Gasteiger partial charge >= 0.3 is 12.0 Å². The highest BCUT2D eigenvalue weighted by Crippen LogP contribution is 2.24. The topological polar surface area (TPSA) is 147 Å². The van der Waals surface area contributed by atoms with Crippen molar-refractivity contribution >= 4 is 40.0 Å². The third-order valence-electron chi connectivity index (χ3n) is 4.02. The van der Waals surface area contributed by atoms with Crippen molar-refractivity contribution in [2.75, 3.05) is 0 Å². The first-order chi connectivity index (χ1) is 13.3. The maximum atomic E-state index is 12.6. The molecule has 3 amide bonds. The summed E-state index contributed by atoms with van der Waals surface area (Å²) in [5.74, 6) is -2.11. The number of rotatable bonds is 5. The Morgan fingerprint density at radius 2 is 2.00 bits per heavy atom. The normalized spacial score (nSPS) is 12.2. The number of hydrogen-bond donors (Lipinski definition) is 2. The summed E-state index contributed by atoms with van der Waals surface area (Å²) in [5, 5.41) is 2.56. The molecule has 2 aromatic heterocycles. The van der Waals surface area contributed by atoms with Crippen molar-refractivity contribution in [3.63, 3.8) is 0 Å². The molecule has 1 atom stereocenters. The van der Waals surface area contributed by atoms with Gasteiger partial charge in [-0.3, -0.25) is 24.3 Å². The van der Waals surface area contributed by atoms with Gasteiger partial charge in [0.15, 0.2) is 6.10 Å². The molecule has 0 saturated carbocycles. The molecule has 0 spiro atoms. The van der Waals surface area contributed by atoms with E-state index >= 15 is 0 Å². The Hall–Kier alpha value is -3.69. The van der Waals surface area contributed by atoms with Gasteiger partial charge in [-0.15, -0.1) is 0 Å². The molecule has 3 N–H and O–H groups in total. The molecule has 28 heavy (non-hydrogen) atoms. The molecule has 0 fully saturated rings. The molecule has 146 valence electrons. The van der Waals surface area contributed by atoms with Crippen molar-refractivity contribution in [1.29, 1.82) is 0 Å². The van der Waals surface area contributed by atoms with Crippen LogP contribution >= 0.6 is 0 Å². The average molecular weight is 386 g/mol. The van der Waals surface area contributed by atoms with E-state index in [4.69, 9.17) is 14.9 Å². The summed E-state index contributed by atoms with van der Waals surface area (Å²) in [7, 11) is 0. The van der Waals surface area contributed by atoms with Crippen molar-refractivity contribution in [1.82, 2.24) is 14.9 Å². The molecule has 1 aromatic carbocycles. The van der Waals surface area contributed by atoms with Gasteiger partial charge in [-0.25, -0.2) is 9.78 Å². The van der Waals surface area contributed by atoms with Crippen LogP contribution in [0, 0.1) is 5.92 Å². The van der Waals surface area contributed by atoms with E-state index in [2.05, 4.69) is 4.98 Å². The molecule has 0 aliphatic rings. The third-order valence-corrected chi connectivity index (χ3v) is 4.02. The summed E-state index contributed by atoms with van der Waals surface area (Å²) >= 11 is 0. The number of furan rings is 1. The Morgan fingerprint density at radius 1 is 1.29 bits per heavy atom. The van der Waals surface area contributed by atoms with E-state index in [-0.39, 0.29) is 5.58 Å². The largest absolute Gasteiger partial charge is 0.451 e. The van der Waals surface area contributed by atoms with E-state index in [0.29, 0.717) is 16.5 Å². The SMILES string of the molecule is CC(C)C(OC(=O)Cn1cnc2c(oc3ccccc32)c1=O)C(=O)NC(N)=O. The van der Waals surface area contributed by atoms with Crippen molar-refractivity contribution in [2.45, 2.75) is 26.5 Å². The number of nitrogens with zero attached hydrogens (tertiary/aromatic N) is 2. The van der Waals surface area contributed by atoms with E-state index < -0.39 is 42.0 Å². The molecular formula is C18H18N4O6. The number of nitrogens with one attached hydrogen (secondary N) is 1. The van der Waals surface area contributed by atoms with Gasteiger partial charge in [-0.1, -0.05) is 26.0 Å². The first-order valence-electron chi connectivity index (χ1n) is 8.44. The lowest BCUT2D eigenvalue weighted by molar-refractivity contribution is -0.158. The monoisotopic (exact) mass is 386 g/mol. The Labute approximate surface area is 158 Å². The maximum Gasteiger partial charge on any atom is 0.326 e. The fourth-order valence-electron chi connectivity index (χ4n) is 2.73. The van der Waals surface area contributed by atoms with Crippen LogP contribution < -0.4 is 16.6 Å². The van der Waals surface area contributed by atoms with Crippen LogP contribution in [0.1, 0.15) is 13.8 Å². The predicted molar refractivity (Wildman–Crippen MR) is 98.2 cm³/mol. The quantitative estimate of drug-likeness (QED) is 0.619. The van der Waals surface area contributed by atoms with Gasteiger partial charge in [0.2, 0.25) is 5.58 Å². The van der Waals surface area contributed by atoms with Crippen molar-refractivity contribution in [2.24, 2.45) is 11.7 Å². The van der Waals surface area contributed by atoms with Gasteiger partial charge in [0.1, 0.15) is 17.6 Å². The van der Waals surface area contributed by atoms with E-state index in [9.17, 15) is 19.2 Å². The number of imide groups is 1. The highest BCUT2D eigenvalue weighted by molar-refractivity contribution is 6.01. The van der Waals surface area contributed by atoms with Gasteiger partial charge in [0, 0.05) is 5.39 Å².